The van der Waals surface area contributed by atoms with Crippen LogP contribution in [-0.2, 0) is 16.6 Å². The fraction of sp³-hybridized carbons (Fsp3) is 0.353. The fourth-order valence-corrected chi connectivity index (χ4v) is 3.65. The highest BCUT2D eigenvalue weighted by Gasteiger charge is 2.21. The topological polar surface area (TPSA) is 62.3 Å². The van der Waals surface area contributed by atoms with Gasteiger partial charge in [-0.15, -0.1) is 0 Å². The molecule has 0 saturated heterocycles. The normalized spacial score (nSPS) is 11.7. The van der Waals surface area contributed by atoms with Gasteiger partial charge < -0.3 is 5.32 Å². The molecular weight excluding hydrogens is 310 g/mol. The number of nitrogens with zero attached hydrogens (tertiary/aromatic N) is 2. The maximum atomic E-state index is 12.4. The molecule has 23 heavy (non-hydrogen) atoms. The molecule has 0 saturated carbocycles. The van der Waals surface area contributed by atoms with E-state index in [0.717, 1.165) is 5.56 Å². The second-order valence-electron chi connectivity index (χ2n) is 5.31. The first-order valence-corrected chi connectivity index (χ1v) is 9.17. The van der Waals surface area contributed by atoms with Crippen LogP contribution < -0.4 is 5.32 Å². The standard InChI is InChI=1S/C17H23N3O2S/c1-4-20(5-2)23(21,22)16-10-11-17(19-13-16)18-12-15-8-6-14(3)7-9-15/h6-11,13H,4-5,12H2,1-3H3,(H,18,19). The van der Waals surface area contributed by atoms with E-state index in [4.69, 9.17) is 0 Å². The maximum Gasteiger partial charge on any atom is 0.244 e. The molecule has 0 aliphatic rings. The maximum absolute atomic E-state index is 12.4. The lowest BCUT2D eigenvalue weighted by Crippen LogP contribution is -2.30. The van der Waals surface area contributed by atoms with Crippen molar-refractivity contribution in [3.05, 3.63) is 53.7 Å². The highest BCUT2D eigenvalue weighted by atomic mass is 32.2. The van der Waals surface area contributed by atoms with Gasteiger partial charge in [0.05, 0.1) is 0 Å². The Bertz CT molecular complexity index is 721. The summed E-state index contributed by atoms with van der Waals surface area (Å²) in [5, 5.41) is 3.20. The molecule has 0 atom stereocenters. The molecule has 1 aromatic heterocycles. The van der Waals surface area contributed by atoms with Gasteiger partial charge in [-0.05, 0) is 24.6 Å². The highest BCUT2D eigenvalue weighted by molar-refractivity contribution is 7.89. The average Bonchev–Trinajstić information content (AvgIpc) is 2.55. The van der Waals surface area contributed by atoms with Crippen LogP contribution >= 0.6 is 0 Å². The van der Waals surface area contributed by atoms with Gasteiger partial charge in [0, 0.05) is 25.8 Å². The second kappa shape index (κ2) is 7.57. The van der Waals surface area contributed by atoms with Crippen LogP contribution in [0.1, 0.15) is 25.0 Å². The van der Waals surface area contributed by atoms with E-state index in [-0.39, 0.29) is 4.90 Å². The number of hydrogen-bond acceptors (Lipinski definition) is 4. The smallest absolute Gasteiger partial charge is 0.244 e. The molecule has 0 spiro atoms. The Labute approximate surface area is 138 Å². The third kappa shape index (κ3) is 4.30. The van der Waals surface area contributed by atoms with Crippen molar-refractivity contribution in [1.29, 1.82) is 0 Å². The fourth-order valence-electron chi connectivity index (χ4n) is 2.25. The molecule has 5 nitrogen and oxygen atoms in total. The Hall–Kier alpha value is -1.92. The predicted molar refractivity (Wildman–Crippen MR) is 92.8 cm³/mol. The molecular formula is C17H23N3O2S. The van der Waals surface area contributed by atoms with E-state index < -0.39 is 10.0 Å². The monoisotopic (exact) mass is 333 g/mol. The number of benzene rings is 1. The lowest BCUT2D eigenvalue weighted by molar-refractivity contribution is 0.445. The number of aryl methyl sites for hydroxylation is 1. The number of nitrogens with one attached hydrogen (secondary N) is 1. The zero-order chi connectivity index (χ0) is 16.9. The van der Waals surface area contributed by atoms with Gasteiger partial charge in [-0.3, -0.25) is 0 Å². The first-order valence-electron chi connectivity index (χ1n) is 7.73. The van der Waals surface area contributed by atoms with Crippen LogP contribution in [0.3, 0.4) is 0 Å². The minimum atomic E-state index is -3.45. The zero-order valence-corrected chi connectivity index (χ0v) is 14.6. The van der Waals surface area contributed by atoms with Gasteiger partial charge in [0.2, 0.25) is 10.0 Å². The lowest BCUT2D eigenvalue weighted by Gasteiger charge is -2.18. The molecule has 2 rings (SSSR count). The Kier molecular flexibility index (Phi) is 5.74. The molecule has 0 aliphatic carbocycles. The number of hydrogen-bond donors (Lipinski definition) is 1. The van der Waals surface area contributed by atoms with Crippen LogP contribution in [0.5, 0.6) is 0 Å². The second-order valence-corrected chi connectivity index (χ2v) is 7.25. The zero-order valence-electron chi connectivity index (χ0n) is 13.8. The minimum Gasteiger partial charge on any atom is -0.366 e. The van der Waals surface area contributed by atoms with Gasteiger partial charge in [0.25, 0.3) is 0 Å². The minimum absolute atomic E-state index is 0.224. The molecule has 1 N–H and O–H groups in total. The Morgan fingerprint density at radius 2 is 1.70 bits per heavy atom. The Morgan fingerprint density at radius 3 is 2.22 bits per heavy atom. The van der Waals surface area contributed by atoms with Gasteiger partial charge in [0.1, 0.15) is 10.7 Å². The molecule has 1 aromatic carbocycles. The third-order valence-electron chi connectivity index (χ3n) is 3.67. The largest absolute Gasteiger partial charge is 0.366 e. The van der Waals surface area contributed by atoms with Gasteiger partial charge in [-0.2, -0.15) is 4.31 Å². The Balaban J connectivity index is 2.06. The van der Waals surface area contributed by atoms with Crippen molar-refractivity contribution in [2.24, 2.45) is 0 Å². The number of pyridine rings is 1. The van der Waals surface area contributed by atoms with E-state index in [1.54, 1.807) is 12.1 Å². The molecule has 1 heterocycles. The molecule has 0 fully saturated rings. The summed E-state index contributed by atoms with van der Waals surface area (Å²) < 4.78 is 26.2. The number of aromatic nitrogens is 1. The van der Waals surface area contributed by atoms with E-state index in [1.807, 2.05) is 20.8 Å². The molecule has 0 amide bonds. The summed E-state index contributed by atoms with van der Waals surface area (Å²) in [6, 6.07) is 11.5. The predicted octanol–water partition coefficient (Wildman–Crippen LogP) is 3.03. The summed E-state index contributed by atoms with van der Waals surface area (Å²) in [7, 11) is -3.45. The van der Waals surface area contributed by atoms with Crippen molar-refractivity contribution in [1.82, 2.24) is 9.29 Å². The molecule has 6 heteroatoms. The summed E-state index contributed by atoms with van der Waals surface area (Å²) >= 11 is 0. The van der Waals surface area contributed by atoms with Crippen molar-refractivity contribution < 1.29 is 8.42 Å². The Morgan fingerprint density at radius 1 is 1.04 bits per heavy atom. The van der Waals surface area contributed by atoms with Gasteiger partial charge in [-0.1, -0.05) is 43.7 Å². The van der Waals surface area contributed by atoms with E-state index in [9.17, 15) is 8.42 Å². The first kappa shape index (κ1) is 17.4. The van der Waals surface area contributed by atoms with Crippen LogP contribution in [0.2, 0.25) is 0 Å². The summed E-state index contributed by atoms with van der Waals surface area (Å²) in [6.45, 7) is 7.25. The highest BCUT2D eigenvalue weighted by Crippen LogP contribution is 2.16. The molecule has 0 bridgehead atoms. The molecule has 124 valence electrons. The van der Waals surface area contributed by atoms with Crippen LogP contribution in [0.4, 0.5) is 5.82 Å². The molecule has 0 unspecified atom stereocenters. The molecule has 0 aliphatic heterocycles. The summed E-state index contributed by atoms with van der Waals surface area (Å²) in [5.41, 5.74) is 2.37. The van der Waals surface area contributed by atoms with E-state index >= 15 is 0 Å². The summed E-state index contributed by atoms with van der Waals surface area (Å²) in [4.78, 5) is 4.44. The van der Waals surface area contributed by atoms with E-state index in [1.165, 1.54) is 16.1 Å². The molecule has 2 aromatic rings. The summed E-state index contributed by atoms with van der Waals surface area (Å²) in [6.07, 6.45) is 1.41. The van der Waals surface area contributed by atoms with Crippen LogP contribution in [0, 0.1) is 6.92 Å². The number of rotatable bonds is 7. The van der Waals surface area contributed by atoms with E-state index in [0.29, 0.717) is 25.5 Å². The van der Waals surface area contributed by atoms with E-state index in [2.05, 4.69) is 34.6 Å². The quantitative estimate of drug-likeness (QED) is 0.846. The number of anilines is 1. The van der Waals surface area contributed by atoms with Crippen molar-refractivity contribution in [3.63, 3.8) is 0 Å². The van der Waals surface area contributed by atoms with Crippen molar-refractivity contribution in [2.75, 3.05) is 18.4 Å². The van der Waals surface area contributed by atoms with Crippen LogP contribution in [-0.4, -0.2) is 30.8 Å². The van der Waals surface area contributed by atoms with Crippen molar-refractivity contribution in [2.45, 2.75) is 32.2 Å². The third-order valence-corrected chi connectivity index (χ3v) is 5.71. The van der Waals surface area contributed by atoms with Gasteiger partial charge in [-0.25, -0.2) is 13.4 Å². The lowest BCUT2D eigenvalue weighted by atomic mass is 10.1. The molecule has 0 radical (unpaired) electrons. The average molecular weight is 333 g/mol. The van der Waals surface area contributed by atoms with Crippen LogP contribution in [0.25, 0.3) is 0 Å². The van der Waals surface area contributed by atoms with Gasteiger partial charge >= 0.3 is 0 Å². The SMILES string of the molecule is CCN(CC)S(=O)(=O)c1ccc(NCc2ccc(C)cc2)nc1. The van der Waals surface area contributed by atoms with Crippen LogP contribution in [0.15, 0.2) is 47.5 Å². The van der Waals surface area contributed by atoms with Crippen molar-refractivity contribution >= 4 is 15.8 Å². The first-order chi connectivity index (χ1) is 11.0. The van der Waals surface area contributed by atoms with Crippen molar-refractivity contribution in [3.8, 4) is 0 Å². The number of sulfonamides is 1. The van der Waals surface area contributed by atoms with Gasteiger partial charge in [0.15, 0.2) is 0 Å². The summed E-state index contributed by atoms with van der Waals surface area (Å²) in [5.74, 6) is 0.657.